The maximum atomic E-state index is 12.1. The predicted molar refractivity (Wildman–Crippen MR) is 65.3 cm³/mol. The van der Waals surface area contributed by atoms with E-state index in [9.17, 15) is 4.79 Å². The molecule has 0 amide bonds. The molecule has 1 aromatic heterocycles. The Morgan fingerprint density at radius 1 is 1.35 bits per heavy atom. The van der Waals surface area contributed by atoms with Crippen molar-refractivity contribution < 1.29 is 4.79 Å². The first-order chi connectivity index (χ1) is 7.96. The van der Waals surface area contributed by atoms with Crippen molar-refractivity contribution in [2.75, 3.05) is 0 Å². The second-order valence-electron chi connectivity index (χ2n) is 5.41. The lowest BCUT2D eigenvalue weighted by Crippen LogP contribution is -2.41. The van der Waals surface area contributed by atoms with Crippen LogP contribution in [0.1, 0.15) is 32.5 Å². The average Bonchev–Trinajstić information content (AvgIpc) is 2.57. The molecule has 90 valence electrons. The number of hydrogen-bond donors (Lipinski definition) is 0. The fourth-order valence-corrected chi connectivity index (χ4v) is 3.43. The molecule has 2 heterocycles. The number of Topliss-reactive ketones (excluding diaryl/α,β-unsaturated/α-hetero) is 1. The maximum Gasteiger partial charge on any atom is 0.213 e. The highest BCUT2D eigenvalue weighted by Gasteiger charge is 2.41. The van der Waals surface area contributed by atoms with Gasteiger partial charge in [-0.2, -0.15) is 9.78 Å². The van der Waals surface area contributed by atoms with Gasteiger partial charge in [0.05, 0.1) is 5.71 Å². The Balaban J connectivity index is 2.06. The Bertz CT molecular complexity index is 532. The number of aromatic nitrogens is 3. The summed E-state index contributed by atoms with van der Waals surface area (Å²) in [6.45, 7) is 6.10. The molecule has 5 nitrogen and oxygen atoms in total. The lowest BCUT2D eigenvalue weighted by atomic mass is 9.75. The van der Waals surface area contributed by atoms with Crippen LogP contribution in [0.3, 0.4) is 0 Å². The molecule has 1 saturated carbocycles. The minimum atomic E-state index is -0.140. The molecule has 0 bridgehead atoms. The first-order valence-corrected chi connectivity index (χ1v) is 6.53. The average molecular weight is 250 g/mol. The second-order valence-corrected chi connectivity index (χ2v) is 6.49. The number of ketones is 1. The van der Waals surface area contributed by atoms with Crippen LogP contribution in [0.25, 0.3) is 0 Å². The van der Waals surface area contributed by atoms with E-state index in [4.69, 9.17) is 0 Å². The minimum absolute atomic E-state index is 0.0202. The lowest BCUT2D eigenvalue weighted by molar-refractivity contribution is -0.120. The van der Waals surface area contributed by atoms with Gasteiger partial charge >= 0.3 is 0 Å². The smallest absolute Gasteiger partial charge is 0.213 e. The van der Waals surface area contributed by atoms with E-state index < -0.39 is 0 Å². The van der Waals surface area contributed by atoms with Crippen LogP contribution in [0, 0.1) is 12.3 Å². The van der Waals surface area contributed by atoms with Gasteiger partial charge in [0, 0.05) is 6.42 Å². The maximum absolute atomic E-state index is 12.1. The van der Waals surface area contributed by atoms with E-state index >= 15 is 0 Å². The third-order valence-electron chi connectivity index (χ3n) is 3.13. The van der Waals surface area contributed by atoms with Crippen molar-refractivity contribution in [2.45, 2.75) is 44.0 Å². The zero-order valence-electron chi connectivity index (χ0n) is 10.1. The Morgan fingerprint density at radius 3 is 2.88 bits per heavy atom. The fraction of sp³-hybridized carbons (Fsp3) is 0.636. The van der Waals surface area contributed by atoms with Crippen molar-refractivity contribution in [2.24, 2.45) is 10.5 Å². The highest BCUT2D eigenvalue weighted by atomic mass is 32.2. The largest absolute Gasteiger partial charge is 0.298 e. The number of thioether (sulfide) groups is 1. The van der Waals surface area contributed by atoms with E-state index in [1.807, 2.05) is 6.92 Å². The van der Waals surface area contributed by atoms with Crippen LogP contribution < -0.4 is 0 Å². The minimum Gasteiger partial charge on any atom is -0.298 e. The number of carbonyl (C=O) groups is 1. The monoisotopic (exact) mass is 250 g/mol. The molecule has 0 saturated heterocycles. The molecular weight excluding hydrogens is 236 g/mol. The first-order valence-electron chi connectivity index (χ1n) is 5.65. The van der Waals surface area contributed by atoms with Gasteiger partial charge in [-0.25, -0.2) is 0 Å². The predicted octanol–water partition coefficient (Wildman–Crippen LogP) is 1.65. The number of rotatable bonds is 0. The van der Waals surface area contributed by atoms with Crippen molar-refractivity contribution in [1.82, 2.24) is 14.9 Å². The van der Waals surface area contributed by atoms with Gasteiger partial charge in [-0.05, 0) is 18.8 Å². The number of hydrogen-bond acceptors (Lipinski definition) is 5. The first kappa shape index (κ1) is 11.0. The van der Waals surface area contributed by atoms with Crippen molar-refractivity contribution in [3.8, 4) is 0 Å². The summed E-state index contributed by atoms with van der Waals surface area (Å²) in [5.74, 6) is 1.03. The molecule has 17 heavy (non-hydrogen) atoms. The van der Waals surface area contributed by atoms with Crippen LogP contribution in [-0.4, -0.2) is 31.6 Å². The molecule has 0 spiro atoms. The van der Waals surface area contributed by atoms with Gasteiger partial charge in [-0.15, -0.1) is 10.2 Å². The van der Waals surface area contributed by atoms with E-state index in [1.165, 1.54) is 11.8 Å². The van der Waals surface area contributed by atoms with E-state index in [2.05, 4.69) is 29.1 Å². The molecule has 0 radical (unpaired) electrons. The Hall–Kier alpha value is -1.17. The quantitative estimate of drug-likeness (QED) is 0.702. The van der Waals surface area contributed by atoms with Gasteiger partial charge in [0.15, 0.2) is 11.6 Å². The van der Waals surface area contributed by atoms with E-state index in [1.54, 1.807) is 4.68 Å². The zero-order chi connectivity index (χ0) is 12.2. The van der Waals surface area contributed by atoms with Gasteiger partial charge in [0.2, 0.25) is 5.16 Å². The molecule has 1 aromatic rings. The molecule has 1 atom stereocenters. The Labute approximate surface area is 104 Å². The summed E-state index contributed by atoms with van der Waals surface area (Å²) in [5.41, 5.74) is 0.985. The Morgan fingerprint density at radius 2 is 2.12 bits per heavy atom. The molecular formula is C11H14N4OS. The summed E-state index contributed by atoms with van der Waals surface area (Å²) in [5, 5.41) is 13.2. The topological polar surface area (TPSA) is 60.1 Å². The molecule has 1 aliphatic carbocycles. The number of aryl methyl sites for hydroxylation is 1. The van der Waals surface area contributed by atoms with Gasteiger partial charge in [-0.3, -0.25) is 4.79 Å². The molecule has 1 fully saturated rings. The fourth-order valence-electron chi connectivity index (χ4n) is 2.38. The van der Waals surface area contributed by atoms with Crippen LogP contribution >= 0.6 is 11.8 Å². The lowest BCUT2D eigenvalue weighted by Gasteiger charge is -2.35. The van der Waals surface area contributed by atoms with Gasteiger partial charge in [-0.1, -0.05) is 25.6 Å². The third-order valence-corrected chi connectivity index (χ3v) is 4.36. The highest BCUT2D eigenvalue weighted by Crippen LogP contribution is 2.40. The van der Waals surface area contributed by atoms with E-state index in [0.29, 0.717) is 6.42 Å². The molecule has 0 unspecified atom stereocenters. The molecule has 3 rings (SSSR count). The molecule has 0 aromatic carbocycles. The summed E-state index contributed by atoms with van der Waals surface area (Å²) in [6, 6.07) is 0. The van der Waals surface area contributed by atoms with E-state index in [-0.39, 0.29) is 16.4 Å². The van der Waals surface area contributed by atoms with Crippen molar-refractivity contribution in [3.05, 3.63) is 5.82 Å². The number of nitrogens with zero attached hydrogens (tertiary/aromatic N) is 4. The Kier molecular flexibility index (Phi) is 2.20. The summed E-state index contributed by atoms with van der Waals surface area (Å²) >= 11 is 1.48. The van der Waals surface area contributed by atoms with Gasteiger partial charge in [0.25, 0.3) is 0 Å². The van der Waals surface area contributed by atoms with Crippen LogP contribution in [-0.2, 0) is 4.79 Å². The van der Waals surface area contributed by atoms with Crippen molar-refractivity contribution in [3.63, 3.8) is 0 Å². The second kappa shape index (κ2) is 3.41. The SMILES string of the molecule is Cc1nnc2n1N=C1CC(C)(C)CC(=O)[C@@H]1S2. The zero-order valence-corrected chi connectivity index (χ0v) is 10.9. The van der Waals surface area contributed by atoms with Gasteiger partial charge < -0.3 is 0 Å². The van der Waals surface area contributed by atoms with Crippen LogP contribution in [0.5, 0.6) is 0 Å². The molecule has 6 heteroatoms. The summed E-state index contributed by atoms with van der Waals surface area (Å²) in [6.07, 6.45) is 1.49. The molecule has 0 N–H and O–H groups in total. The summed E-state index contributed by atoms with van der Waals surface area (Å²) in [7, 11) is 0. The number of fused-ring (bicyclic) bond motifs is 2. The summed E-state index contributed by atoms with van der Waals surface area (Å²) in [4.78, 5) is 12.1. The molecule has 2 aliphatic rings. The van der Waals surface area contributed by atoms with Crippen LogP contribution in [0.15, 0.2) is 10.3 Å². The van der Waals surface area contributed by atoms with E-state index in [0.717, 1.165) is 23.1 Å². The van der Waals surface area contributed by atoms with Gasteiger partial charge in [0.1, 0.15) is 5.25 Å². The number of carbonyl (C=O) groups excluding carboxylic acids is 1. The highest BCUT2D eigenvalue weighted by molar-refractivity contribution is 8.01. The normalized spacial score (nSPS) is 26.2. The van der Waals surface area contributed by atoms with Crippen LogP contribution in [0.2, 0.25) is 0 Å². The van der Waals surface area contributed by atoms with Crippen molar-refractivity contribution in [1.29, 1.82) is 0 Å². The van der Waals surface area contributed by atoms with Crippen molar-refractivity contribution >= 4 is 23.3 Å². The third kappa shape index (κ3) is 1.71. The summed E-state index contributed by atoms with van der Waals surface area (Å²) < 4.78 is 1.74. The molecule has 1 aliphatic heterocycles. The van der Waals surface area contributed by atoms with Crippen LogP contribution in [0.4, 0.5) is 0 Å². The standard InChI is InChI=1S/C11H14N4OS/c1-6-12-13-10-15(6)14-7-4-11(2,3)5-8(16)9(7)17-10/h9H,4-5H2,1-3H3/t9-/m1/s1.